The van der Waals surface area contributed by atoms with E-state index in [-0.39, 0.29) is 12.6 Å². The Bertz CT molecular complexity index is 1080. The van der Waals surface area contributed by atoms with E-state index in [1.807, 2.05) is 13.8 Å². The normalized spacial score (nSPS) is 10.9. The molecule has 3 rings (SSSR count). The molecule has 0 fully saturated rings. The number of esters is 1. The van der Waals surface area contributed by atoms with Gasteiger partial charge in [0.05, 0.1) is 17.7 Å². The second-order valence-corrected chi connectivity index (χ2v) is 6.39. The molecule has 0 spiro atoms. The molecule has 1 aromatic heterocycles. The Morgan fingerprint density at radius 2 is 1.82 bits per heavy atom. The molecular formula is C20H21N3O5. The molecule has 0 saturated carbocycles. The minimum absolute atomic E-state index is 0.0393. The van der Waals surface area contributed by atoms with E-state index >= 15 is 0 Å². The van der Waals surface area contributed by atoms with Gasteiger partial charge in [-0.05, 0) is 51.1 Å². The second kappa shape index (κ2) is 7.99. The molecule has 0 unspecified atom stereocenters. The summed E-state index contributed by atoms with van der Waals surface area (Å²) in [4.78, 5) is 36.0. The van der Waals surface area contributed by atoms with Crippen molar-refractivity contribution < 1.29 is 18.7 Å². The molecule has 3 aromatic rings. The fourth-order valence-electron chi connectivity index (χ4n) is 2.84. The summed E-state index contributed by atoms with van der Waals surface area (Å²) in [5, 5.41) is 5.33. The van der Waals surface area contributed by atoms with Crippen molar-refractivity contribution in [2.45, 2.75) is 26.8 Å². The first-order chi connectivity index (χ1) is 13.4. The Hall–Kier alpha value is -3.55. The average Bonchev–Trinajstić information content (AvgIpc) is 2.97. The van der Waals surface area contributed by atoms with E-state index < -0.39 is 17.8 Å². The fraction of sp³-hybridized carbons (Fsp3) is 0.250. The summed E-state index contributed by atoms with van der Waals surface area (Å²) in [6.45, 7) is 5.77. The van der Waals surface area contributed by atoms with Crippen LogP contribution < -0.4 is 16.4 Å². The summed E-state index contributed by atoms with van der Waals surface area (Å²) in [7, 11) is 0. The smallest absolute Gasteiger partial charge is 0.420 e. The molecule has 8 nitrogen and oxygen atoms in total. The number of hydrogen-bond donors (Lipinski definition) is 2. The zero-order valence-electron chi connectivity index (χ0n) is 15.8. The largest absolute Gasteiger partial charge is 0.462 e. The molecule has 2 aromatic carbocycles. The van der Waals surface area contributed by atoms with E-state index in [1.54, 1.807) is 47.9 Å². The summed E-state index contributed by atoms with van der Waals surface area (Å²) in [6, 6.07) is 10.9. The van der Waals surface area contributed by atoms with Crippen LogP contribution in [0.15, 0.2) is 51.7 Å². The van der Waals surface area contributed by atoms with Crippen LogP contribution in [0.25, 0.3) is 11.1 Å². The quantitative estimate of drug-likeness (QED) is 0.649. The van der Waals surface area contributed by atoms with Crippen molar-refractivity contribution in [1.29, 1.82) is 0 Å². The summed E-state index contributed by atoms with van der Waals surface area (Å²) in [5.74, 6) is -0.899. The number of ether oxygens (including phenoxy) is 1. The number of rotatable bonds is 5. The molecule has 1 heterocycles. The highest BCUT2D eigenvalue weighted by atomic mass is 16.5. The maximum absolute atomic E-state index is 12.3. The molecule has 2 N–H and O–H groups in total. The fourth-order valence-corrected chi connectivity index (χ4v) is 2.84. The maximum atomic E-state index is 12.3. The first kappa shape index (κ1) is 19.2. The summed E-state index contributed by atoms with van der Waals surface area (Å²) in [5.41, 5.74) is 2.31. The SMILES string of the molecule is CCOC(=O)c1cccc(NC(=O)Nc2ccc3c(c2)oc(=O)n3C(C)C)c1. The number of fused-ring (bicyclic) bond motifs is 1. The molecule has 146 valence electrons. The van der Waals surface area contributed by atoms with Crippen LogP contribution in [0.5, 0.6) is 0 Å². The highest BCUT2D eigenvalue weighted by Gasteiger charge is 2.13. The number of hydrogen-bond acceptors (Lipinski definition) is 5. The first-order valence-electron chi connectivity index (χ1n) is 8.89. The van der Waals surface area contributed by atoms with Crippen molar-refractivity contribution in [1.82, 2.24) is 4.57 Å². The molecule has 0 bridgehead atoms. The Balaban J connectivity index is 1.74. The number of benzene rings is 2. The van der Waals surface area contributed by atoms with Crippen molar-refractivity contribution in [2.75, 3.05) is 17.2 Å². The molecule has 0 saturated heterocycles. The van der Waals surface area contributed by atoms with E-state index in [9.17, 15) is 14.4 Å². The van der Waals surface area contributed by atoms with Gasteiger partial charge in [0.15, 0.2) is 5.58 Å². The Kier molecular flexibility index (Phi) is 5.49. The van der Waals surface area contributed by atoms with Gasteiger partial charge in [-0.3, -0.25) is 4.57 Å². The minimum Gasteiger partial charge on any atom is -0.462 e. The lowest BCUT2D eigenvalue weighted by atomic mass is 10.2. The molecular weight excluding hydrogens is 362 g/mol. The van der Waals surface area contributed by atoms with Gasteiger partial charge in [-0.2, -0.15) is 0 Å². The first-order valence-corrected chi connectivity index (χ1v) is 8.89. The molecule has 0 aliphatic carbocycles. The molecule has 8 heteroatoms. The van der Waals surface area contributed by atoms with Crippen LogP contribution in [0, 0.1) is 0 Å². The third kappa shape index (κ3) is 4.06. The van der Waals surface area contributed by atoms with Crippen LogP contribution in [0.1, 0.15) is 37.2 Å². The third-order valence-electron chi connectivity index (χ3n) is 4.02. The van der Waals surface area contributed by atoms with Crippen molar-refractivity contribution >= 4 is 34.5 Å². The summed E-state index contributed by atoms with van der Waals surface area (Å²) < 4.78 is 11.7. The van der Waals surface area contributed by atoms with E-state index in [4.69, 9.17) is 9.15 Å². The maximum Gasteiger partial charge on any atom is 0.420 e. The number of anilines is 2. The Morgan fingerprint density at radius 1 is 1.11 bits per heavy atom. The Labute approximate surface area is 161 Å². The highest BCUT2D eigenvalue weighted by molar-refractivity contribution is 6.01. The van der Waals surface area contributed by atoms with Crippen LogP contribution in [-0.2, 0) is 4.74 Å². The monoisotopic (exact) mass is 383 g/mol. The molecule has 0 aliphatic rings. The average molecular weight is 383 g/mol. The van der Waals surface area contributed by atoms with E-state index in [2.05, 4.69) is 10.6 Å². The molecule has 0 aliphatic heterocycles. The van der Waals surface area contributed by atoms with Gasteiger partial charge in [0.25, 0.3) is 0 Å². The predicted octanol–water partition coefficient (Wildman–Crippen LogP) is 4.00. The van der Waals surface area contributed by atoms with E-state index in [0.717, 1.165) is 0 Å². The van der Waals surface area contributed by atoms with Crippen LogP contribution >= 0.6 is 0 Å². The summed E-state index contributed by atoms with van der Waals surface area (Å²) in [6.07, 6.45) is 0. The van der Waals surface area contributed by atoms with Crippen LogP contribution in [0.4, 0.5) is 16.2 Å². The van der Waals surface area contributed by atoms with Gasteiger partial charge in [-0.25, -0.2) is 14.4 Å². The highest BCUT2D eigenvalue weighted by Crippen LogP contribution is 2.21. The van der Waals surface area contributed by atoms with Gasteiger partial charge in [-0.15, -0.1) is 0 Å². The number of oxazole rings is 1. The van der Waals surface area contributed by atoms with Gasteiger partial charge in [-0.1, -0.05) is 6.07 Å². The number of carbonyl (C=O) groups excluding carboxylic acids is 2. The lowest BCUT2D eigenvalue weighted by Gasteiger charge is -2.09. The van der Waals surface area contributed by atoms with Gasteiger partial charge in [0.1, 0.15) is 0 Å². The number of nitrogens with one attached hydrogen (secondary N) is 2. The van der Waals surface area contributed by atoms with Crippen molar-refractivity contribution in [3.05, 3.63) is 58.6 Å². The molecule has 0 atom stereocenters. The number of carbonyl (C=O) groups is 2. The third-order valence-corrected chi connectivity index (χ3v) is 4.02. The van der Waals surface area contributed by atoms with Gasteiger partial charge >= 0.3 is 17.8 Å². The van der Waals surface area contributed by atoms with Crippen molar-refractivity contribution in [3.8, 4) is 0 Å². The minimum atomic E-state index is -0.494. The van der Waals surface area contributed by atoms with Gasteiger partial charge in [0.2, 0.25) is 0 Å². The molecule has 0 radical (unpaired) electrons. The number of aromatic nitrogens is 1. The van der Waals surface area contributed by atoms with E-state index in [1.165, 1.54) is 6.07 Å². The number of urea groups is 1. The summed E-state index contributed by atoms with van der Waals surface area (Å²) >= 11 is 0. The van der Waals surface area contributed by atoms with Crippen LogP contribution in [-0.4, -0.2) is 23.2 Å². The zero-order valence-corrected chi connectivity index (χ0v) is 15.8. The molecule has 28 heavy (non-hydrogen) atoms. The van der Waals surface area contributed by atoms with Crippen molar-refractivity contribution in [2.24, 2.45) is 0 Å². The van der Waals surface area contributed by atoms with Gasteiger partial charge < -0.3 is 19.8 Å². The number of nitrogens with zero attached hydrogens (tertiary/aromatic N) is 1. The van der Waals surface area contributed by atoms with E-state index in [0.29, 0.717) is 28.0 Å². The van der Waals surface area contributed by atoms with Crippen molar-refractivity contribution in [3.63, 3.8) is 0 Å². The standard InChI is InChI=1S/C20H21N3O5/c1-4-27-18(24)13-6-5-7-14(10-13)21-19(25)22-15-8-9-16-17(11-15)28-20(26)23(16)12(2)3/h5-12H,4H2,1-3H3,(H2,21,22,25). The number of amides is 2. The zero-order chi connectivity index (χ0) is 20.3. The predicted molar refractivity (Wildman–Crippen MR) is 106 cm³/mol. The van der Waals surface area contributed by atoms with Crippen LogP contribution in [0.2, 0.25) is 0 Å². The van der Waals surface area contributed by atoms with Gasteiger partial charge in [0, 0.05) is 23.5 Å². The van der Waals surface area contributed by atoms with Crippen LogP contribution in [0.3, 0.4) is 0 Å². The second-order valence-electron chi connectivity index (χ2n) is 6.39. The lowest BCUT2D eigenvalue weighted by molar-refractivity contribution is 0.0526. The lowest BCUT2D eigenvalue weighted by Crippen LogP contribution is -2.19. The Morgan fingerprint density at radius 3 is 2.50 bits per heavy atom. The molecule has 2 amide bonds. The topological polar surface area (TPSA) is 103 Å².